The molecule has 0 aliphatic heterocycles. The smallest absolute Gasteiger partial charge is 0.362 e. The van der Waals surface area contributed by atoms with Gasteiger partial charge in [-0.25, -0.2) is 4.79 Å². The number of nitrogens with zero attached hydrogens (tertiary/aromatic N) is 1. The third-order valence-electron chi connectivity index (χ3n) is 9.21. The van der Waals surface area contributed by atoms with Crippen molar-refractivity contribution in [3.8, 4) is 0 Å². The zero-order valence-corrected chi connectivity index (χ0v) is 34.7. The van der Waals surface area contributed by atoms with Gasteiger partial charge >= 0.3 is 17.9 Å². The average molecular weight is 747 g/mol. The van der Waals surface area contributed by atoms with Crippen LogP contribution in [0, 0.1) is 0 Å². The second-order valence-electron chi connectivity index (χ2n) is 15.2. The molecule has 0 aromatic heterocycles. The number of likely N-dealkylation sites (N-methyl/N-ethyl adjacent to an activating group) is 1. The van der Waals surface area contributed by atoms with Crippen LogP contribution in [0.2, 0.25) is 0 Å². The summed E-state index contributed by atoms with van der Waals surface area (Å²) in [6.07, 6.45) is 41.5. The Labute approximate surface area is 325 Å². The molecule has 0 spiro atoms. The minimum atomic E-state index is -0.881. The van der Waals surface area contributed by atoms with Gasteiger partial charge in [-0.2, -0.15) is 0 Å². The number of unbranched alkanes of at least 4 members (excludes halogenated alkanes) is 15. The molecule has 0 radical (unpaired) electrons. The monoisotopic (exact) mass is 747 g/mol. The molecule has 0 amide bonds. The summed E-state index contributed by atoms with van der Waals surface area (Å²) in [5, 5.41) is 9.60. The number of rotatable bonds is 37. The van der Waals surface area contributed by atoms with Crippen LogP contribution in [0.15, 0.2) is 48.6 Å². The van der Waals surface area contributed by atoms with Gasteiger partial charge in [-0.05, 0) is 70.6 Å². The van der Waals surface area contributed by atoms with E-state index in [9.17, 15) is 19.5 Å². The Hall–Kier alpha value is -2.71. The van der Waals surface area contributed by atoms with Crippen molar-refractivity contribution in [2.24, 2.45) is 0 Å². The van der Waals surface area contributed by atoms with E-state index in [0.29, 0.717) is 19.3 Å². The Kier molecular flexibility index (Phi) is 34.4. The number of esters is 2. The van der Waals surface area contributed by atoms with Crippen molar-refractivity contribution in [1.29, 1.82) is 0 Å². The number of ether oxygens (including phenoxy) is 3. The fourth-order valence-electron chi connectivity index (χ4n) is 5.92. The van der Waals surface area contributed by atoms with Gasteiger partial charge in [-0.1, -0.05) is 127 Å². The predicted molar refractivity (Wildman–Crippen MR) is 220 cm³/mol. The molecule has 0 aromatic carbocycles. The summed E-state index contributed by atoms with van der Waals surface area (Å²) in [6, 6.07) is -0.619. The number of hydrogen-bond acceptors (Lipinski definition) is 6. The van der Waals surface area contributed by atoms with Gasteiger partial charge in [0.2, 0.25) is 0 Å². The van der Waals surface area contributed by atoms with Crippen LogP contribution >= 0.6 is 0 Å². The fourth-order valence-corrected chi connectivity index (χ4v) is 5.92. The molecule has 306 valence electrons. The lowest BCUT2D eigenvalue weighted by Gasteiger charge is -2.31. The number of aliphatic carboxylic acids is 1. The lowest BCUT2D eigenvalue weighted by molar-refractivity contribution is -0.887. The third kappa shape index (κ3) is 34.8. The summed E-state index contributed by atoms with van der Waals surface area (Å²) in [5.41, 5.74) is 0. The van der Waals surface area contributed by atoms with Crippen molar-refractivity contribution in [3.05, 3.63) is 48.6 Å². The Balaban J connectivity index is 4.42. The van der Waals surface area contributed by atoms with Crippen LogP contribution in [0.3, 0.4) is 0 Å². The van der Waals surface area contributed by atoms with Crippen LogP contribution < -0.4 is 0 Å². The van der Waals surface area contributed by atoms with Crippen LogP contribution in [-0.4, -0.2) is 80.6 Å². The molecular formula is C45H80NO7+. The highest BCUT2D eigenvalue weighted by atomic mass is 16.6. The van der Waals surface area contributed by atoms with Crippen molar-refractivity contribution in [1.82, 2.24) is 0 Å². The maximum Gasteiger partial charge on any atom is 0.362 e. The molecule has 1 N–H and O–H groups in total. The van der Waals surface area contributed by atoms with Crippen molar-refractivity contribution < 1.29 is 38.2 Å². The number of quaternary nitrogens is 1. The standard InChI is InChI=1S/C45H79NO7/c1-6-8-10-12-14-16-18-20-22-24-26-28-30-32-34-36-44(48)53-41(39-51-38-37-42(45(49)50)46(3,4)5)40-52-43(47)35-33-31-29-27-25-23-21-19-17-15-13-11-9-7-2/h8,10,14,16,19-22,41-42H,6-7,9,11-13,15,17-18,23-40H2,1-5H3/p+1/b10-8-,16-14-,21-19-,22-20-. The van der Waals surface area contributed by atoms with Gasteiger partial charge in [-0.3, -0.25) is 9.59 Å². The molecule has 0 aliphatic carbocycles. The highest BCUT2D eigenvalue weighted by Gasteiger charge is 2.31. The molecule has 0 saturated heterocycles. The largest absolute Gasteiger partial charge is 0.477 e. The van der Waals surface area contributed by atoms with Gasteiger partial charge in [0.15, 0.2) is 12.1 Å². The number of carboxylic acid groups (broad SMARTS) is 1. The van der Waals surface area contributed by atoms with Crippen LogP contribution in [0.4, 0.5) is 0 Å². The van der Waals surface area contributed by atoms with E-state index in [0.717, 1.165) is 89.9 Å². The highest BCUT2D eigenvalue weighted by molar-refractivity contribution is 5.72. The van der Waals surface area contributed by atoms with Crippen LogP contribution in [0.1, 0.15) is 168 Å². The summed E-state index contributed by atoms with van der Waals surface area (Å²) < 4.78 is 17.2. The molecule has 2 atom stereocenters. The summed E-state index contributed by atoms with van der Waals surface area (Å²) >= 11 is 0. The Morgan fingerprint density at radius 1 is 0.585 bits per heavy atom. The van der Waals surface area contributed by atoms with Gasteiger partial charge in [0.05, 0.1) is 34.4 Å². The minimum Gasteiger partial charge on any atom is -0.477 e. The topological polar surface area (TPSA) is 99.1 Å². The van der Waals surface area contributed by atoms with E-state index < -0.39 is 18.1 Å². The summed E-state index contributed by atoms with van der Waals surface area (Å²) in [5.74, 6) is -1.50. The van der Waals surface area contributed by atoms with E-state index in [1.54, 1.807) is 0 Å². The van der Waals surface area contributed by atoms with Gasteiger partial charge in [0.1, 0.15) is 6.61 Å². The van der Waals surface area contributed by atoms with Gasteiger partial charge in [0, 0.05) is 19.3 Å². The number of carbonyl (C=O) groups excluding carboxylic acids is 2. The van der Waals surface area contributed by atoms with Crippen LogP contribution in [0.5, 0.6) is 0 Å². The highest BCUT2D eigenvalue weighted by Crippen LogP contribution is 2.13. The first-order valence-electron chi connectivity index (χ1n) is 21.2. The molecule has 0 aromatic rings. The fraction of sp³-hybridized carbons (Fsp3) is 0.756. The molecule has 0 heterocycles. The maximum atomic E-state index is 12.7. The summed E-state index contributed by atoms with van der Waals surface area (Å²) in [7, 11) is 5.51. The molecule has 8 nitrogen and oxygen atoms in total. The number of allylic oxidation sites excluding steroid dienone is 8. The quantitative estimate of drug-likeness (QED) is 0.0292. The number of carboxylic acids is 1. The molecule has 0 saturated carbocycles. The van der Waals surface area contributed by atoms with E-state index in [-0.39, 0.29) is 36.2 Å². The van der Waals surface area contributed by atoms with Gasteiger partial charge in [0.25, 0.3) is 0 Å². The first-order chi connectivity index (χ1) is 25.6. The maximum absolute atomic E-state index is 12.7. The zero-order valence-electron chi connectivity index (χ0n) is 34.7. The van der Waals surface area contributed by atoms with E-state index >= 15 is 0 Å². The number of hydrogen-bond donors (Lipinski definition) is 1. The van der Waals surface area contributed by atoms with Crippen LogP contribution in [-0.2, 0) is 28.6 Å². The van der Waals surface area contributed by atoms with Crippen molar-refractivity contribution in [2.45, 2.75) is 180 Å². The molecular weight excluding hydrogens is 666 g/mol. The first kappa shape index (κ1) is 50.3. The van der Waals surface area contributed by atoms with E-state index in [2.05, 4.69) is 62.5 Å². The van der Waals surface area contributed by atoms with E-state index in [1.165, 1.54) is 44.9 Å². The zero-order chi connectivity index (χ0) is 39.3. The molecule has 53 heavy (non-hydrogen) atoms. The molecule has 0 aliphatic rings. The molecule has 8 heteroatoms. The second-order valence-corrected chi connectivity index (χ2v) is 15.2. The first-order valence-corrected chi connectivity index (χ1v) is 21.2. The summed E-state index contributed by atoms with van der Waals surface area (Å²) in [4.78, 5) is 36.9. The van der Waals surface area contributed by atoms with Crippen LogP contribution in [0.25, 0.3) is 0 Å². The molecule has 0 rings (SSSR count). The lowest BCUT2D eigenvalue weighted by Crippen LogP contribution is -2.50. The normalized spacial score (nSPS) is 13.5. The average Bonchev–Trinajstić information content (AvgIpc) is 3.11. The SMILES string of the molecule is CC/C=C\C/C=C\C/C=C\CCCCCCCC(=O)OC(COCCC(C(=O)O)[N+](C)(C)C)COC(=O)CCCCCCC/C=C\CCCCCCC. The van der Waals surface area contributed by atoms with Crippen molar-refractivity contribution in [3.63, 3.8) is 0 Å². The van der Waals surface area contributed by atoms with E-state index in [1.807, 2.05) is 21.1 Å². The van der Waals surface area contributed by atoms with Gasteiger partial charge in [-0.15, -0.1) is 0 Å². The number of carbonyl (C=O) groups is 3. The predicted octanol–water partition coefficient (Wildman–Crippen LogP) is 11.2. The Morgan fingerprint density at radius 2 is 1.06 bits per heavy atom. The summed E-state index contributed by atoms with van der Waals surface area (Å²) in [6.45, 7) is 4.58. The Bertz CT molecular complexity index is 1010. The lowest BCUT2D eigenvalue weighted by atomic mass is 10.1. The Morgan fingerprint density at radius 3 is 1.58 bits per heavy atom. The molecule has 2 unspecified atom stereocenters. The minimum absolute atomic E-state index is 0.0506. The second kappa shape index (κ2) is 36.3. The van der Waals surface area contributed by atoms with Crippen molar-refractivity contribution in [2.75, 3.05) is 41.0 Å². The van der Waals surface area contributed by atoms with Crippen molar-refractivity contribution >= 4 is 17.9 Å². The molecule has 0 fully saturated rings. The molecule has 0 bridgehead atoms. The van der Waals surface area contributed by atoms with Gasteiger partial charge < -0.3 is 23.8 Å². The van der Waals surface area contributed by atoms with E-state index in [4.69, 9.17) is 14.2 Å². The third-order valence-corrected chi connectivity index (χ3v) is 9.21.